The molecule has 0 amide bonds. The van der Waals surface area contributed by atoms with Gasteiger partial charge in [0, 0.05) is 37.6 Å². The van der Waals surface area contributed by atoms with Crippen molar-refractivity contribution in [2.45, 2.75) is 19.9 Å². The molecular weight excluding hydrogens is 268 g/mol. The van der Waals surface area contributed by atoms with Crippen LogP contribution in [0.5, 0.6) is 0 Å². The number of nitrogens with zero attached hydrogens (tertiary/aromatic N) is 3. The maximum absolute atomic E-state index is 5.61. The fraction of sp³-hybridized carbons (Fsp3) is 0.267. The molecule has 104 valence electrons. The SMILES string of the molecule is Cc1cccc(N(CCC(N)=S)Cc2cccnc2)n1. The average molecular weight is 286 g/mol. The molecule has 0 aliphatic rings. The lowest BCUT2D eigenvalue weighted by Crippen LogP contribution is -2.28. The van der Waals surface area contributed by atoms with E-state index in [0.29, 0.717) is 11.4 Å². The molecular formula is C15H18N4S. The Balaban J connectivity index is 2.18. The average Bonchev–Trinajstić information content (AvgIpc) is 2.44. The van der Waals surface area contributed by atoms with Crippen molar-refractivity contribution >= 4 is 23.0 Å². The van der Waals surface area contributed by atoms with E-state index in [2.05, 4.69) is 20.9 Å². The van der Waals surface area contributed by atoms with Crippen LogP contribution in [0.2, 0.25) is 0 Å². The second kappa shape index (κ2) is 6.96. The van der Waals surface area contributed by atoms with Crippen molar-refractivity contribution in [2.75, 3.05) is 11.4 Å². The van der Waals surface area contributed by atoms with Crippen molar-refractivity contribution in [1.29, 1.82) is 0 Å². The Morgan fingerprint density at radius 3 is 2.80 bits per heavy atom. The number of pyridine rings is 2. The summed E-state index contributed by atoms with van der Waals surface area (Å²) in [5.74, 6) is 0.935. The highest BCUT2D eigenvalue weighted by molar-refractivity contribution is 7.80. The van der Waals surface area contributed by atoms with Crippen LogP contribution < -0.4 is 10.6 Å². The quantitative estimate of drug-likeness (QED) is 0.827. The maximum atomic E-state index is 5.61. The lowest BCUT2D eigenvalue weighted by atomic mass is 10.2. The third-order valence-corrected chi connectivity index (χ3v) is 3.13. The first-order chi connectivity index (χ1) is 9.65. The zero-order valence-corrected chi connectivity index (χ0v) is 12.3. The Kier molecular flexibility index (Phi) is 5.01. The molecule has 20 heavy (non-hydrogen) atoms. The molecule has 2 heterocycles. The van der Waals surface area contributed by atoms with Crippen LogP contribution >= 0.6 is 12.2 Å². The number of hydrogen-bond acceptors (Lipinski definition) is 4. The van der Waals surface area contributed by atoms with E-state index in [0.717, 1.165) is 30.2 Å². The molecule has 0 atom stereocenters. The van der Waals surface area contributed by atoms with E-state index in [1.165, 1.54) is 0 Å². The van der Waals surface area contributed by atoms with Gasteiger partial charge in [-0.15, -0.1) is 0 Å². The van der Waals surface area contributed by atoms with Gasteiger partial charge in [0.1, 0.15) is 5.82 Å². The van der Waals surface area contributed by atoms with Gasteiger partial charge in [-0.25, -0.2) is 4.98 Å². The summed E-state index contributed by atoms with van der Waals surface area (Å²) in [6.45, 7) is 3.48. The van der Waals surface area contributed by atoms with Crippen LogP contribution in [-0.4, -0.2) is 21.5 Å². The minimum atomic E-state index is 0.522. The molecule has 0 saturated heterocycles. The summed E-state index contributed by atoms with van der Waals surface area (Å²) in [5.41, 5.74) is 7.75. The number of aryl methyl sites for hydroxylation is 1. The van der Waals surface area contributed by atoms with E-state index in [-0.39, 0.29) is 0 Å². The Hall–Kier alpha value is -2.01. The summed E-state index contributed by atoms with van der Waals surface area (Å²) < 4.78 is 0. The van der Waals surface area contributed by atoms with Crippen LogP contribution in [-0.2, 0) is 6.54 Å². The van der Waals surface area contributed by atoms with Crippen LogP contribution in [0.15, 0.2) is 42.7 Å². The van der Waals surface area contributed by atoms with Gasteiger partial charge < -0.3 is 10.6 Å². The van der Waals surface area contributed by atoms with Gasteiger partial charge in [-0.1, -0.05) is 24.4 Å². The van der Waals surface area contributed by atoms with Gasteiger partial charge in [0.05, 0.1) is 4.99 Å². The molecule has 0 aliphatic heterocycles. The van der Waals surface area contributed by atoms with Crippen LogP contribution in [0.25, 0.3) is 0 Å². The lowest BCUT2D eigenvalue weighted by molar-refractivity contribution is 0.785. The molecule has 2 rings (SSSR count). The number of aromatic nitrogens is 2. The van der Waals surface area contributed by atoms with Crippen molar-refractivity contribution in [2.24, 2.45) is 5.73 Å². The maximum Gasteiger partial charge on any atom is 0.129 e. The van der Waals surface area contributed by atoms with Crippen LogP contribution in [0.1, 0.15) is 17.7 Å². The second-order valence-corrected chi connectivity index (χ2v) is 5.16. The van der Waals surface area contributed by atoms with Gasteiger partial charge in [-0.2, -0.15) is 0 Å². The summed E-state index contributed by atoms with van der Waals surface area (Å²) in [7, 11) is 0. The molecule has 2 aromatic rings. The van der Waals surface area contributed by atoms with E-state index < -0.39 is 0 Å². The van der Waals surface area contributed by atoms with Gasteiger partial charge in [0.25, 0.3) is 0 Å². The molecule has 0 spiro atoms. The summed E-state index contributed by atoms with van der Waals surface area (Å²) in [5, 5.41) is 0. The van der Waals surface area contributed by atoms with Crippen molar-refractivity contribution in [1.82, 2.24) is 9.97 Å². The number of hydrogen-bond donors (Lipinski definition) is 1. The standard InChI is InChI=1S/C15H18N4S/c1-12-4-2-6-15(18-12)19(9-7-14(16)20)11-13-5-3-8-17-10-13/h2-6,8,10H,7,9,11H2,1H3,(H2,16,20). The largest absolute Gasteiger partial charge is 0.393 e. The van der Waals surface area contributed by atoms with Crippen molar-refractivity contribution in [3.8, 4) is 0 Å². The van der Waals surface area contributed by atoms with Crippen LogP contribution in [0.3, 0.4) is 0 Å². The van der Waals surface area contributed by atoms with E-state index in [9.17, 15) is 0 Å². The van der Waals surface area contributed by atoms with Crippen LogP contribution in [0.4, 0.5) is 5.82 Å². The molecule has 0 aliphatic carbocycles. The highest BCUT2D eigenvalue weighted by Gasteiger charge is 2.09. The van der Waals surface area contributed by atoms with Gasteiger partial charge in [0.15, 0.2) is 0 Å². The molecule has 0 aromatic carbocycles. The number of rotatable bonds is 6. The first kappa shape index (κ1) is 14.4. The Bertz CT molecular complexity index is 571. The van der Waals surface area contributed by atoms with E-state index in [1.807, 2.05) is 37.4 Å². The molecule has 2 aromatic heterocycles. The number of anilines is 1. The molecule has 0 radical (unpaired) electrons. The van der Waals surface area contributed by atoms with Crippen molar-refractivity contribution in [3.63, 3.8) is 0 Å². The molecule has 0 unspecified atom stereocenters. The predicted octanol–water partition coefficient (Wildman–Crippen LogP) is 2.47. The summed E-state index contributed by atoms with van der Waals surface area (Å²) in [6, 6.07) is 9.98. The zero-order valence-electron chi connectivity index (χ0n) is 11.5. The van der Waals surface area contributed by atoms with Crippen molar-refractivity contribution in [3.05, 3.63) is 54.0 Å². The molecule has 5 heteroatoms. The monoisotopic (exact) mass is 286 g/mol. The Morgan fingerprint density at radius 2 is 2.15 bits per heavy atom. The first-order valence-corrected chi connectivity index (χ1v) is 6.92. The van der Waals surface area contributed by atoms with E-state index in [4.69, 9.17) is 18.0 Å². The summed E-state index contributed by atoms with van der Waals surface area (Å²) in [6.07, 6.45) is 4.31. The molecule has 0 bridgehead atoms. The molecule has 0 saturated carbocycles. The third kappa shape index (κ3) is 4.28. The first-order valence-electron chi connectivity index (χ1n) is 6.51. The minimum absolute atomic E-state index is 0.522. The Morgan fingerprint density at radius 1 is 1.30 bits per heavy atom. The highest BCUT2D eigenvalue weighted by Crippen LogP contribution is 2.15. The van der Waals surface area contributed by atoms with Crippen LogP contribution in [0, 0.1) is 6.92 Å². The molecule has 2 N–H and O–H groups in total. The fourth-order valence-corrected chi connectivity index (χ4v) is 2.03. The second-order valence-electron chi connectivity index (χ2n) is 4.64. The van der Waals surface area contributed by atoms with Gasteiger partial charge in [-0.05, 0) is 30.7 Å². The number of nitrogens with two attached hydrogens (primary N) is 1. The van der Waals surface area contributed by atoms with Gasteiger partial charge in [0.2, 0.25) is 0 Å². The summed E-state index contributed by atoms with van der Waals surface area (Å²) >= 11 is 4.97. The minimum Gasteiger partial charge on any atom is -0.393 e. The topological polar surface area (TPSA) is 55.0 Å². The Labute approximate surface area is 124 Å². The smallest absolute Gasteiger partial charge is 0.129 e. The van der Waals surface area contributed by atoms with Gasteiger partial charge >= 0.3 is 0 Å². The molecule has 0 fully saturated rings. The van der Waals surface area contributed by atoms with Gasteiger partial charge in [-0.3, -0.25) is 4.98 Å². The lowest BCUT2D eigenvalue weighted by Gasteiger charge is -2.23. The molecule has 4 nitrogen and oxygen atoms in total. The normalized spacial score (nSPS) is 10.2. The fourth-order valence-electron chi connectivity index (χ4n) is 1.94. The highest BCUT2D eigenvalue weighted by atomic mass is 32.1. The number of thiocarbonyl (C=S) groups is 1. The third-order valence-electron chi connectivity index (χ3n) is 2.92. The van der Waals surface area contributed by atoms with Crippen molar-refractivity contribution < 1.29 is 0 Å². The summed E-state index contributed by atoms with van der Waals surface area (Å²) in [4.78, 5) is 11.4. The predicted molar refractivity (Wildman–Crippen MR) is 85.7 cm³/mol. The van der Waals surface area contributed by atoms with E-state index >= 15 is 0 Å². The zero-order chi connectivity index (χ0) is 14.4. The van der Waals surface area contributed by atoms with E-state index in [1.54, 1.807) is 6.20 Å².